The number of anilines is 2. The number of esters is 1. The highest BCUT2D eigenvalue weighted by molar-refractivity contribution is 7.20. The van der Waals surface area contributed by atoms with Gasteiger partial charge < -0.3 is 15.0 Å². The maximum Gasteiger partial charge on any atom is 0.338 e. The summed E-state index contributed by atoms with van der Waals surface area (Å²) in [4.78, 5) is 37.8. The van der Waals surface area contributed by atoms with E-state index in [1.165, 1.54) is 11.3 Å². The number of amides is 1. The van der Waals surface area contributed by atoms with Crippen LogP contribution in [0.2, 0.25) is 0 Å². The summed E-state index contributed by atoms with van der Waals surface area (Å²) in [5, 5.41) is 3.89. The Hall–Kier alpha value is -3.00. The summed E-state index contributed by atoms with van der Waals surface area (Å²) < 4.78 is 4.99. The third-order valence-electron chi connectivity index (χ3n) is 5.15. The van der Waals surface area contributed by atoms with E-state index < -0.39 is 0 Å². The monoisotopic (exact) mass is 424 g/mol. The molecular formula is C22H24N4O3S. The number of hydrogen-bond donors (Lipinski definition) is 1. The number of aromatic nitrogens is 2. The van der Waals surface area contributed by atoms with Crippen molar-refractivity contribution < 1.29 is 14.3 Å². The molecular weight excluding hydrogens is 400 g/mol. The van der Waals surface area contributed by atoms with Gasteiger partial charge in [0.05, 0.1) is 22.4 Å². The van der Waals surface area contributed by atoms with Crippen LogP contribution in [0, 0.1) is 13.8 Å². The zero-order valence-electron chi connectivity index (χ0n) is 17.3. The Labute approximate surface area is 179 Å². The predicted octanol–water partition coefficient (Wildman–Crippen LogP) is 4.34. The van der Waals surface area contributed by atoms with Gasteiger partial charge in [-0.05, 0) is 63.4 Å². The number of carbonyl (C=O) groups excluding carboxylic acids is 2. The molecule has 0 unspecified atom stereocenters. The average Bonchev–Trinajstić information content (AvgIpc) is 3.37. The van der Waals surface area contributed by atoms with Crippen molar-refractivity contribution in [3.63, 3.8) is 0 Å². The second kappa shape index (κ2) is 8.39. The fourth-order valence-electron chi connectivity index (χ4n) is 3.69. The van der Waals surface area contributed by atoms with Crippen LogP contribution in [0.1, 0.15) is 51.2 Å². The van der Waals surface area contributed by atoms with Crippen molar-refractivity contribution in [1.82, 2.24) is 9.97 Å². The molecule has 0 radical (unpaired) electrons. The third kappa shape index (κ3) is 3.87. The molecule has 1 N–H and O–H groups in total. The van der Waals surface area contributed by atoms with Gasteiger partial charge in [-0.15, -0.1) is 11.3 Å². The lowest BCUT2D eigenvalue weighted by Gasteiger charge is -2.18. The van der Waals surface area contributed by atoms with Crippen molar-refractivity contribution in [2.75, 3.05) is 29.9 Å². The molecule has 1 fully saturated rings. The predicted molar refractivity (Wildman–Crippen MR) is 119 cm³/mol. The van der Waals surface area contributed by atoms with Gasteiger partial charge in [-0.3, -0.25) is 4.79 Å². The molecule has 7 nitrogen and oxygen atoms in total. The van der Waals surface area contributed by atoms with Gasteiger partial charge in [-0.1, -0.05) is 0 Å². The number of ether oxygens (including phenoxy) is 1. The van der Waals surface area contributed by atoms with Crippen LogP contribution in [0.5, 0.6) is 0 Å². The molecule has 156 valence electrons. The van der Waals surface area contributed by atoms with E-state index in [1.807, 2.05) is 13.8 Å². The van der Waals surface area contributed by atoms with Crippen LogP contribution >= 0.6 is 11.3 Å². The van der Waals surface area contributed by atoms with E-state index in [0.29, 0.717) is 28.6 Å². The van der Waals surface area contributed by atoms with Crippen molar-refractivity contribution in [2.45, 2.75) is 33.6 Å². The largest absolute Gasteiger partial charge is 0.462 e. The fourth-order valence-corrected chi connectivity index (χ4v) is 4.80. The summed E-state index contributed by atoms with van der Waals surface area (Å²) in [6, 6.07) is 6.69. The van der Waals surface area contributed by atoms with Crippen LogP contribution < -0.4 is 10.2 Å². The molecule has 1 aliphatic heterocycles. The number of rotatable bonds is 5. The second-order valence-corrected chi connectivity index (χ2v) is 8.28. The number of thiophene rings is 1. The Morgan fingerprint density at radius 2 is 1.83 bits per heavy atom. The minimum atomic E-state index is -0.376. The van der Waals surface area contributed by atoms with Crippen molar-refractivity contribution in [3.05, 3.63) is 46.1 Å². The maximum atomic E-state index is 13.0. The number of nitrogens with one attached hydrogen (secondary N) is 1. The highest BCUT2D eigenvalue weighted by Crippen LogP contribution is 2.36. The van der Waals surface area contributed by atoms with Crippen LogP contribution in [0.15, 0.2) is 24.3 Å². The Kier molecular flexibility index (Phi) is 5.67. The Bertz CT molecular complexity index is 1100. The highest BCUT2D eigenvalue weighted by atomic mass is 32.1. The zero-order valence-corrected chi connectivity index (χ0v) is 18.1. The first-order chi connectivity index (χ1) is 14.5. The highest BCUT2D eigenvalue weighted by Gasteiger charge is 2.24. The molecule has 0 atom stereocenters. The van der Waals surface area contributed by atoms with Gasteiger partial charge in [0.15, 0.2) is 0 Å². The smallest absolute Gasteiger partial charge is 0.338 e. The average molecular weight is 425 g/mol. The summed E-state index contributed by atoms with van der Waals surface area (Å²) >= 11 is 1.39. The van der Waals surface area contributed by atoms with Gasteiger partial charge in [0.1, 0.15) is 16.5 Å². The summed E-state index contributed by atoms with van der Waals surface area (Å²) in [6.45, 7) is 7.89. The lowest BCUT2D eigenvalue weighted by Crippen LogP contribution is -2.20. The van der Waals surface area contributed by atoms with E-state index in [2.05, 4.69) is 20.2 Å². The van der Waals surface area contributed by atoms with Gasteiger partial charge >= 0.3 is 5.97 Å². The van der Waals surface area contributed by atoms with Gasteiger partial charge in [-0.25, -0.2) is 14.8 Å². The Morgan fingerprint density at radius 1 is 1.13 bits per heavy atom. The molecule has 0 saturated carbocycles. The van der Waals surface area contributed by atoms with E-state index in [4.69, 9.17) is 4.74 Å². The standard InChI is InChI=1S/C22H24N4O3S/c1-4-29-22(28)15-7-9-16(10-8-15)25-20(27)18-13(2)17-19(26-11-5-6-12-26)23-14(3)24-21(17)30-18/h7-10H,4-6,11-12H2,1-3H3,(H,25,27). The van der Waals surface area contributed by atoms with E-state index in [-0.39, 0.29) is 11.9 Å². The Morgan fingerprint density at radius 3 is 2.50 bits per heavy atom. The molecule has 1 saturated heterocycles. The number of fused-ring (bicyclic) bond motifs is 1. The summed E-state index contributed by atoms with van der Waals surface area (Å²) in [5.74, 6) is 1.08. The minimum Gasteiger partial charge on any atom is -0.462 e. The molecule has 0 spiro atoms. The maximum absolute atomic E-state index is 13.0. The fraction of sp³-hybridized carbons (Fsp3) is 0.364. The van der Waals surface area contributed by atoms with E-state index >= 15 is 0 Å². The van der Waals surface area contributed by atoms with Gasteiger partial charge in [0, 0.05) is 18.8 Å². The zero-order chi connectivity index (χ0) is 21.3. The lowest BCUT2D eigenvalue weighted by atomic mass is 10.1. The first-order valence-electron chi connectivity index (χ1n) is 10.1. The topological polar surface area (TPSA) is 84.4 Å². The molecule has 1 aliphatic rings. The van der Waals surface area contributed by atoms with Crippen molar-refractivity contribution >= 4 is 44.9 Å². The number of hydrogen-bond acceptors (Lipinski definition) is 7. The normalized spacial score (nSPS) is 13.6. The number of carbonyl (C=O) groups is 2. The second-order valence-electron chi connectivity index (χ2n) is 7.28. The molecule has 2 aromatic heterocycles. The number of benzene rings is 1. The SMILES string of the molecule is CCOC(=O)c1ccc(NC(=O)c2sc3nc(C)nc(N4CCCC4)c3c2C)cc1. The van der Waals surface area contributed by atoms with Crippen LogP contribution in [0.3, 0.4) is 0 Å². The summed E-state index contributed by atoms with van der Waals surface area (Å²) in [5.41, 5.74) is 1.97. The van der Waals surface area contributed by atoms with Crippen molar-refractivity contribution in [2.24, 2.45) is 0 Å². The molecule has 0 bridgehead atoms. The molecule has 1 aromatic carbocycles. The molecule has 30 heavy (non-hydrogen) atoms. The van der Waals surface area contributed by atoms with E-state index in [9.17, 15) is 9.59 Å². The first kappa shape index (κ1) is 20.3. The molecule has 0 aliphatic carbocycles. The van der Waals surface area contributed by atoms with Gasteiger partial charge in [0.2, 0.25) is 0 Å². The molecule has 3 aromatic rings. The van der Waals surface area contributed by atoms with Crippen molar-refractivity contribution in [3.8, 4) is 0 Å². The summed E-state index contributed by atoms with van der Waals surface area (Å²) in [7, 11) is 0. The Balaban J connectivity index is 1.61. The van der Waals surface area contributed by atoms with E-state index in [0.717, 1.165) is 47.5 Å². The molecule has 4 rings (SSSR count). The van der Waals surface area contributed by atoms with Gasteiger partial charge in [0.25, 0.3) is 5.91 Å². The molecule has 8 heteroatoms. The number of nitrogens with zero attached hydrogens (tertiary/aromatic N) is 3. The van der Waals surface area contributed by atoms with Crippen LogP contribution in [0.4, 0.5) is 11.5 Å². The summed E-state index contributed by atoms with van der Waals surface area (Å²) in [6.07, 6.45) is 2.31. The van der Waals surface area contributed by atoms with Crippen LogP contribution in [-0.2, 0) is 4.74 Å². The minimum absolute atomic E-state index is 0.190. The first-order valence-corrected chi connectivity index (χ1v) is 10.9. The lowest BCUT2D eigenvalue weighted by molar-refractivity contribution is 0.0526. The number of aryl methyl sites for hydroxylation is 2. The van der Waals surface area contributed by atoms with Crippen LogP contribution in [0.25, 0.3) is 10.2 Å². The molecule has 1 amide bonds. The van der Waals surface area contributed by atoms with Crippen molar-refractivity contribution in [1.29, 1.82) is 0 Å². The molecule has 3 heterocycles. The third-order valence-corrected chi connectivity index (χ3v) is 6.33. The quantitative estimate of drug-likeness (QED) is 0.614. The van der Waals surface area contributed by atoms with Gasteiger partial charge in [-0.2, -0.15) is 0 Å². The van der Waals surface area contributed by atoms with E-state index in [1.54, 1.807) is 31.2 Å². The van der Waals surface area contributed by atoms with Crippen LogP contribution in [-0.4, -0.2) is 41.5 Å².